The zero-order valence-corrected chi connectivity index (χ0v) is 8.48. The molecule has 0 rings (SSSR count). The van der Waals surface area contributed by atoms with Crippen molar-refractivity contribution in [1.82, 2.24) is 0 Å². The van der Waals surface area contributed by atoms with E-state index in [1.54, 1.807) is 0 Å². The Hall–Kier alpha value is -0.160. The predicted molar refractivity (Wildman–Crippen MR) is 51.4 cm³/mol. The van der Waals surface area contributed by atoms with Crippen molar-refractivity contribution >= 4 is 0 Å². The van der Waals surface area contributed by atoms with Gasteiger partial charge in [-0.1, -0.05) is 19.8 Å². The fourth-order valence-electron chi connectivity index (χ4n) is 0.531. The molecule has 0 bridgehead atoms. The van der Waals surface area contributed by atoms with Crippen LogP contribution in [0.1, 0.15) is 33.1 Å². The van der Waals surface area contributed by atoms with Crippen LogP contribution in [0, 0.1) is 0 Å². The lowest BCUT2D eigenvalue weighted by Crippen LogP contribution is -2.10. The maximum Gasteiger partial charge on any atom is 0.0770 e. The van der Waals surface area contributed by atoms with Gasteiger partial charge >= 0.3 is 0 Å². The first-order valence-corrected chi connectivity index (χ1v) is 4.66. The van der Waals surface area contributed by atoms with Gasteiger partial charge in [0.15, 0.2) is 0 Å². The van der Waals surface area contributed by atoms with Crippen LogP contribution in [0.25, 0.3) is 0 Å². The molecule has 13 heavy (non-hydrogen) atoms. The molecule has 0 saturated carbocycles. The Bertz CT molecular complexity index is 85.7. The molecule has 0 fully saturated rings. The van der Waals surface area contributed by atoms with Crippen LogP contribution in [0.15, 0.2) is 0 Å². The summed E-state index contributed by atoms with van der Waals surface area (Å²) >= 11 is 0. The molecule has 0 saturated heterocycles. The van der Waals surface area contributed by atoms with E-state index < -0.39 is 12.2 Å². The Labute approximate surface area is 79.8 Å². The predicted octanol–water partition coefficient (Wildman–Crippen LogP) is -0.111. The maximum absolute atomic E-state index is 8.74. The number of unbranched alkanes of at least 4 members (excludes halogenated alkanes) is 1. The van der Waals surface area contributed by atoms with Gasteiger partial charge < -0.3 is 20.4 Å². The summed E-state index contributed by atoms with van der Waals surface area (Å²) < 4.78 is 0. The number of aliphatic hydroxyl groups is 4. The van der Waals surface area contributed by atoms with Gasteiger partial charge in [-0.25, -0.2) is 0 Å². The summed E-state index contributed by atoms with van der Waals surface area (Å²) in [6.07, 6.45) is 1.76. The Balaban J connectivity index is 0. The van der Waals surface area contributed by atoms with Gasteiger partial charge in [0.2, 0.25) is 0 Å². The Morgan fingerprint density at radius 3 is 1.77 bits per heavy atom. The van der Waals surface area contributed by atoms with E-state index in [0.29, 0.717) is 0 Å². The molecule has 0 aliphatic heterocycles. The van der Waals surface area contributed by atoms with Gasteiger partial charge in [0, 0.05) is 0 Å². The minimum Gasteiger partial charge on any atom is -0.394 e. The fourth-order valence-corrected chi connectivity index (χ4v) is 0.531. The van der Waals surface area contributed by atoms with Crippen molar-refractivity contribution in [2.24, 2.45) is 0 Å². The third-order valence-corrected chi connectivity index (χ3v) is 1.37. The van der Waals surface area contributed by atoms with Gasteiger partial charge in [-0.2, -0.15) is 0 Å². The average molecular weight is 194 g/mol. The highest BCUT2D eigenvalue weighted by molar-refractivity contribution is 4.50. The molecule has 0 aliphatic carbocycles. The molecular weight excluding hydrogens is 172 g/mol. The summed E-state index contributed by atoms with van der Waals surface area (Å²) in [5.74, 6) is 0. The van der Waals surface area contributed by atoms with Crippen molar-refractivity contribution in [3.63, 3.8) is 0 Å². The number of hydrogen-bond acceptors (Lipinski definition) is 4. The molecule has 4 nitrogen and oxygen atoms in total. The highest BCUT2D eigenvalue weighted by Crippen LogP contribution is 1.97. The van der Waals surface area contributed by atoms with E-state index >= 15 is 0 Å². The summed E-state index contributed by atoms with van der Waals surface area (Å²) in [6.45, 7) is 3.35. The molecule has 0 aromatic carbocycles. The SMILES string of the molecule is CC(O)CO.CCCCC(O)CO. The van der Waals surface area contributed by atoms with Crippen LogP contribution in [0.5, 0.6) is 0 Å². The van der Waals surface area contributed by atoms with Crippen LogP contribution in [0.4, 0.5) is 0 Å². The molecule has 4 heteroatoms. The molecular formula is C9H22O4. The van der Waals surface area contributed by atoms with Crippen molar-refractivity contribution in [2.75, 3.05) is 13.2 Å². The Kier molecular flexibility index (Phi) is 14.0. The van der Waals surface area contributed by atoms with Crippen LogP contribution in [0.2, 0.25) is 0 Å². The second-order valence-electron chi connectivity index (χ2n) is 3.01. The molecule has 0 aliphatic rings. The zero-order valence-electron chi connectivity index (χ0n) is 8.48. The summed E-state index contributed by atoms with van der Waals surface area (Å²) in [4.78, 5) is 0. The molecule has 0 aromatic heterocycles. The molecule has 0 aromatic rings. The fraction of sp³-hybridized carbons (Fsp3) is 1.00. The van der Waals surface area contributed by atoms with Crippen LogP contribution < -0.4 is 0 Å². The van der Waals surface area contributed by atoms with Crippen LogP contribution in [-0.2, 0) is 0 Å². The van der Waals surface area contributed by atoms with Crippen LogP contribution in [-0.4, -0.2) is 45.8 Å². The minimum absolute atomic E-state index is 0.0972. The maximum atomic E-state index is 8.74. The van der Waals surface area contributed by atoms with E-state index in [2.05, 4.69) is 6.92 Å². The second-order valence-corrected chi connectivity index (χ2v) is 3.01. The van der Waals surface area contributed by atoms with Crippen molar-refractivity contribution in [3.05, 3.63) is 0 Å². The number of aliphatic hydroxyl groups excluding tert-OH is 4. The van der Waals surface area contributed by atoms with E-state index in [1.807, 2.05) is 0 Å². The quantitative estimate of drug-likeness (QED) is 0.492. The molecule has 82 valence electrons. The Morgan fingerprint density at radius 1 is 1.08 bits per heavy atom. The van der Waals surface area contributed by atoms with E-state index in [-0.39, 0.29) is 13.2 Å². The zero-order chi connectivity index (χ0) is 10.7. The van der Waals surface area contributed by atoms with Gasteiger partial charge in [0.05, 0.1) is 25.4 Å². The van der Waals surface area contributed by atoms with E-state index in [1.165, 1.54) is 6.92 Å². The molecule has 2 unspecified atom stereocenters. The number of rotatable bonds is 5. The summed E-state index contributed by atoms with van der Waals surface area (Å²) in [7, 11) is 0. The standard InChI is InChI=1S/C6H14O2.C3H8O2/c1-2-3-4-6(8)5-7;1-3(5)2-4/h6-8H,2-5H2,1H3;3-5H,2H2,1H3. The highest BCUT2D eigenvalue weighted by atomic mass is 16.3. The van der Waals surface area contributed by atoms with E-state index in [4.69, 9.17) is 20.4 Å². The van der Waals surface area contributed by atoms with Gasteiger partial charge in [0.25, 0.3) is 0 Å². The first-order valence-electron chi connectivity index (χ1n) is 4.66. The monoisotopic (exact) mass is 194 g/mol. The normalized spacial score (nSPS) is 14.3. The summed E-state index contributed by atoms with van der Waals surface area (Å²) in [5, 5.41) is 33.1. The van der Waals surface area contributed by atoms with E-state index in [0.717, 1.165) is 19.3 Å². The highest BCUT2D eigenvalue weighted by Gasteiger charge is 1.97. The molecule has 0 radical (unpaired) electrons. The lowest BCUT2D eigenvalue weighted by molar-refractivity contribution is 0.0865. The minimum atomic E-state index is -0.560. The smallest absolute Gasteiger partial charge is 0.0770 e. The van der Waals surface area contributed by atoms with Crippen molar-refractivity contribution in [1.29, 1.82) is 0 Å². The van der Waals surface area contributed by atoms with Gasteiger partial charge in [-0.05, 0) is 13.3 Å². The topological polar surface area (TPSA) is 80.9 Å². The van der Waals surface area contributed by atoms with Crippen LogP contribution >= 0.6 is 0 Å². The molecule has 0 spiro atoms. The summed E-state index contributed by atoms with van der Waals surface area (Å²) in [5.41, 5.74) is 0. The lowest BCUT2D eigenvalue weighted by atomic mass is 10.2. The lowest BCUT2D eigenvalue weighted by Gasteiger charge is -2.02. The van der Waals surface area contributed by atoms with Crippen LogP contribution in [0.3, 0.4) is 0 Å². The first kappa shape index (κ1) is 15.3. The third kappa shape index (κ3) is 18.7. The first-order chi connectivity index (χ1) is 6.08. The van der Waals surface area contributed by atoms with Gasteiger partial charge in [0.1, 0.15) is 0 Å². The van der Waals surface area contributed by atoms with Crippen molar-refractivity contribution < 1.29 is 20.4 Å². The number of hydrogen-bond donors (Lipinski definition) is 4. The molecule has 0 heterocycles. The largest absolute Gasteiger partial charge is 0.394 e. The van der Waals surface area contributed by atoms with Gasteiger partial charge in [-0.3, -0.25) is 0 Å². The van der Waals surface area contributed by atoms with E-state index in [9.17, 15) is 0 Å². The molecule has 0 amide bonds. The second kappa shape index (κ2) is 11.8. The van der Waals surface area contributed by atoms with Gasteiger partial charge in [-0.15, -0.1) is 0 Å². The van der Waals surface area contributed by atoms with Crippen molar-refractivity contribution in [2.45, 2.75) is 45.3 Å². The Morgan fingerprint density at radius 2 is 1.54 bits per heavy atom. The van der Waals surface area contributed by atoms with Crippen molar-refractivity contribution in [3.8, 4) is 0 Å². The average Bonchev–Trinajstić information content (AvgIpc) is 2.15. The third-order valence-electron chi connectivity index (χ3n) is 1.37. The molecule has 4 N–H and O–H groups in total. The molecule has 2 atom stereocenters. The summed E-state index contributed by atoms with van der Waals surface area (Å²) in [6, 6.07) is 0.